The van der Waals surface area contributed by atoms with E-state index in [-0.39, 0.29) is 0 Å². The predicted octanol–water partition coefficient (Wildman–Crippen LogP) is 4.77. The van der Waals surface area contributed by atoms with E-state index in [0.29, 0.717) is 5.92 Å². The van der Waals surface area contributed by atoms with Gasteiger partial charge in [0.2, 0.25) is 0 Å². The van der Waals surface area contributed by atoms with Crippen LogP contribution < -0.4 is 10.2 Å². The van der Waals surface area contributed by atoms with Gasteiger partial charge in [0.05, 0.1) is 0 Å². The molecule has 1 N–H and O–H groups in total. The number of rotatable bonds is 5. The molecular weight excluding hydrogens is 332 g/mol. The second-order valence-corrected chi connectivity index (χ2v) is 7.40. The lowest BCUT2D eigenvalue weighted by atomic mass is 10.00. The van der Waals surface area contributed by atoms with Gasteiger partial charge in [0.25, 0.3) is 0 Å². The van der Waals surface area contributed by atoms with Crippen molar-refractivity contribution in [2.24, 2.45) is 0 Å². The summed E-state index contributed by atoms with van der Waals surface area (Å²) in [5.41, 5.74) is 4.09. The standard InChI is InChI=1S/C23H26N4/c1-17(2)23-25-21(24-15-18-8-4-3-5-9-18)14-22(26-23)27-13-12-19-10-6-7-11-20(19)16-27/h3-11,14,17H,12-13,15-16H2,1-2H3,(H,24,25,26). The van der Waals surface area contributed by atoms with Crippen molar-refractivity contribution in [3.63, 3.8) is 0 Å². The van der Waals surface area contributed by atoms with Crippen LogP contribution in [0.1, 0.15) is 42.3 Å². The summed E-state index contributed by atoms with van der Waals surface area (Å²) in [5.74, 6) is 3.09. The fraction of sp³-hybridized carbons (Fsp3) is 0.304. The minimum absolute atomic E-state index is 0.291. The van der Waals surface area contributed by atoms with Crippen molar-refractivity contribution in [1.29, 1.82) is 0 Å². The number of benzene rings is 2. The van der Waals surface area contributed by atoms with E-state index in [1.807, 2.05) is 6.07 Å². The molecule has 0 radical (unpaired) electrons. The maximum Gasteiger partial charge on any atom is 0.135 e. The monoisotopic (exact) mass is 358 g/mol. The molecule has 4 rings (SSSR count). The highest BCUT2D eigenvalue weighted by molar-refractivity contribution is 5.52. The van der Waals surface area contributed by atoms with Crippen molar-refractivity contribution in [2.45, 2.75) is 39.3 Å². The van der Waals surface area contributed by atoms with Gasteiger partial charge in [-0.15, -0.1) is 0 Å². The van der Waals surface area contributed by atoms with E-state index in [1.54, 1.807) is 0 Å². The van der Waals surface area contributed by atoms with Crippen molar-refractivity contribution < 1.29 is 0 Å². The molecule has 4 heteroatoms. The Labute approximate surface area is 161 Å². The quantitative estimate of drug-likeness (QED) is 0.713. The summed E-state index contributed by atoms with van der Waals surface area (Å²) in [6.07, 6.45) is 1.06. The third-order valence-electron chi connectivity index (χ3n) is 5.02. The summed E-state index contributed by atoms with van der Waals surface area (Å²) in [4.78, 5) is 12.0. The minimum atomic E-state index is 0.291. The van der Waals surface area contributed by atoms with Gasteiger partial charge in [-0.25, -0.2) is 9.97 Å². The van der Waals surface area contributed by atoms with E-state index >= 15 is 0 Å². The fourth-order valence-corrected chi connectivity index (χ4v) is 3.44. The van der Waals surface area contributed by atoms with Crippen LogP contribution in [0, 0.1) is 0 Å². The molecule has 0 atom stereocenters. The molecule has 0 bridgehead atoms. The summed E-state index contributed by atoms with van der Waals surface area (Å²) in [6, 6.07) is 21.2. The van der Waals surface area contributed by atoms with E-state index < -0.39 is 0 Å². The zero-order chi connectivity index (χ0) is 18.6. The first-order valence-corrected chi connectivity index (χ1v) is 9.67. The van der Waals surface area contributed by atoms with Crippen LogP contribution in [0.3, 0.4) is 0 Å². The molecule has 138 valence electrons. The maximum atomic E-state index is 4.86. The smallest absolute Gasteiger partial charge is 0.135 e. The Morgan fingerprint density at radius 1 is 0.963 bits per heavy atom. The number of nitrogens with zero attached hydrogens (tertiary/aromatic N) is 3. The Hall–Kier alpha value is -2.88. The lowest BCUT2D eigenvalue weighted by Crippen LogP contribution is -2.31. The van der Waals surface area contributed by atoms with Crippen LogP contribution in [0.25, 0.3) is 0 Å². The van der Waals surface area contributed by atoms with Crippen LogP contribution >= 0.6 is 0 Å². The number of hydrogen-bond acceptors (Lipinski definition) is 4. The first-order valence-electron chi connectivity index (χ1n) is 9.67. The van der Waals surface area contributed by atoms with Gasteiger partial charge in [0, 0.05) is 31.6 Å². The van der Waals surface area contributed by atoms with E-state index in [4.69, 9.17) is 9.97 Å². The van der Waals surface area contributed by atoms with E-state index in [1.165, 1.54) is 16.7 Å². The maximum absolute atomic E-state index is 4.86. The van der Waals surface area contributed by atoms with Gasteiger partial charge in [0.15, 0.2) is 0 Å². The molecular formula is C23H26N4. The number of aromatic nitrogens is 2. The highest BCUT2D eigenvalue weighted by Gasteiger charge is 2.19. The van der Waals surface area contributed by atoms with Crippen LogP contribution in [-0.2, 0) is 19.5 Å². The summed E-state index contributed by atoms with van der Waals surface area (Å²) in [5, 5.41) is 3.48. The molecule has 0 aliphatic carbocycles. The van der Waals surface area contributed by atoms with Crippen molar-refractivity contribution in [3.05, 3.63) is 83.2 Å². The summed E-state index contributed by atoms with van der Waals surface area (Å²) < 4.78 is 0. The molecule has 0 unspecified atom stereocenters. The number of nitrogens with one attached hydrogen (secondary N) is 1. The Bertz CT molecular complexity index is 905. The predicted molar refractivity (Wildman–Crippen MR) is 111 cm³/mol. The highest BCUT2D eigenvalue weighted by Crippen LogP contribution is 2.26. The van der Waals surface area contributed by atoms with Gasteiger partial charge in [-0.3, -0.25) is 0 Å². The number of hydrogen-bond donors (Lipinski definition) is 1. The van der Waals surface area contributed by atoms with Crippen LogP contribution in [0.5, 0.6) is 0 Å². The second kappa shape index (κ2) is 7.78. The molecule has 2 heterocycles. The Balaban J connectivity index is 1.58. The van der Waals surface area contributed by atoms with E-state index in [0.717, 1.165) is 43.5 Å². The molecule has 0 fully saturated rings. The first kappa shape index (κ1) is 17.5. The topological polar surface area (TPSA) is 41.1 Å². The number of fused-ring (bicyclic) bond motifs is 1. The zero-order valence-corrected chi connectivity index (χ0v) is 16.0. The molecule has 0 amide bonds. The largest absolute Gasteiger partial charge is 0.366 e. The SMILES string of the molecule is CC(C)c1nc(NCc2ccccc2)cc(N2CCc3ccccc3C2)n1. The fourth-order valence-electron chi connectivity index (χ4n) is 3.44. The van der Waals surface area contributed by atoms with Crippen LogP contribution in [0.15, 0.2) is 60.7 Å². The summed E-state index contributed by atoms with van der Waals surface area (Å²) in [6.45, 7) is 6.95. The van der Waals surface area contributed by atoms with Gasteiger partial charge in [-0.2, -0.15) is 0 Å². The van der Waals surface area contributed by atoms with Crippen molar-refractivity contribution in [2.75, 3.05) is 16.8 Å². The molecule has 1 aromatic heterocycles. The molecule has 0 spiro atoms. The number of anilines is 2. The molecule has 0 saturated carbocycles. The minimum Gasteiger partial charge on any atom is -0.366 e. The van der Waals surface area contributed by atoms with E-state index in [2.05, 4.69) is 78.7 Å². The van der Waals surface area contributed by atoms with E-state index in [9.17, 15) is 0 Å². The second-order valence-electron chi connectivity index (χ2n) is 7.40. The van der Waals surface area contributed by atoms with Gasteiger partial charge < -0.3 is 10.2 Å². The third-order valence-corrected chi connectivity index (χ3v) is 5.02. The van der Waals surface area contributed by atoms with Gasteiger partial charge in [-0.05, 0) is 23.1 Å². The first-order chi connectivity index (χ1) is 13.2. The van der Waals surface area contributed by atoms with Crippen LogP contribution in [0.4, 0.5) is 11.6 Å². The normalized spacial score (nSPS) is 13.5. The summed E-state index contributed by atoms with van der Waals surface area (Å²) in [7, 11) is 0. The Morgan fingerprint density at radius 2 is 1.70 bits per heavy atom. The Kier molecular flexibility index (Phi) is 5.05. The molecule has 2 aromatic carbocycles. The molecule has 27 heavy (non-hydrogen) atoms. The molecule has 4 nitrogen and oxygen atoms in total. The van der Waals surface area contributed by atoms with Gasteiger partial charge in [-0.1, -0.05) is 68.4 Å². The van der Waals surface area contributed by atoms with Crippen molar-refractivity contribution >= 4 is 11.6 Å². The average Bonchev–Trinajstić information content (AvgIpc) is 2.72. The third kappa shape index (κ3) is 4.11. The molecule has 3 aromatic rings. The lowest BCUT2D eigenvalue weighted by molar-refractivity contribution is 0.703. The van der Waals surface area contributed by atoms with Gasteiger partial charge >= 0.3 is 0 Å². The lowest BCUT2D eigenvalue weighted by Gasteiger charge is -2.30. The molecule has 1 aliphatic rings. The molecule has 0 saturated heterocycles. The summed E-state index contributed by atoms with van der Waals surface area (Å²) >= 11 is 0. The van der Waals surface area contributed by atoms with Crippen LogP contribution in [-0.4, -0.2) is 16.5 Å². The van der Waals surface area contributed by atoms with Crippen molar-refractivity contribution in [3.8, 4) is 0 Å². The average molecular weight is 358 g/mol. The highest BCUT2D eigenvalue weighted by atomic mass is 15.2. The van der Waals surface area contributed by atoms with Crippen molar-refractivity contribution in [1.82, 2.24) is 9.97 Å². The molecule has 1 aliphatic heterocycles. The Morgan fingerprint density at radius 3 is 2.48 bits per heavy atom. The zero-order valence-electron chi connectivity index (χ0n) is 16.0. The van der Waals surface area contributed by atoms with Gasteiger partial charge in [0.1, 0.15) is 17.5 Å². The van der Waals surface area contributed by atoms with Crippen LogP contribution in [0.2, 0.25) is 0 Å².